The lowest BCUT2D eigenvalue weighted by Crippen LogP contribution is -2.62. The second-order valence-electron chi connectivity index (χ2n) is 3.71. The van der Waals surface area contributed by atoms with Crippen LogP contribution < -0.4 is 17.2 Å². The molecule has 6 N–H and O–H groups in total. The van der Waals surface area contributed by atoms with E-state index < -0.39 is 5.97 Å². The number of nitrogens with two attached hydrogens (primary N) is 3. The number of hydrogen-bond donors (Lipinski definition) is 3. The van der Waals surface area contributed by atoms with Crippen LogP contribution in [0, 0.1) is 0 Å². The van der Waals surface area contributed by atoms with Crippen molar-refractivity contribution in [1.29, 1.82) is 0 Å². The summed E-state index contributed by atoms with van der Waals surface area (Å²) in [5.74, 6) is -1.72. The second kappa shape index (κ2) is 5.41. The standard InChI is InChI=1S/C8H19N5O3/c1-15-5-12-3-2-4-13(7(12)14)6-16-8(9,10)11/h2-6,9-11H2,1H3. The number of urea groups is 1. The minimum atomic E-state index is -1.72. The summed E-state index contributed by atoms with van der Waals surface area (Å²) < 4.78 is 9.85. The number of methoxy groups -OCH3 is 1. The molecule has 0 aromatic carbocycles. The van der Waals surface area contributed by atoms with Gasteiger partial charge < -0.3 is 19.3 Å². The van der Waals surface area contributed by atoms with Crippen LogP contribution in [0.5, 0.6) is 0 Å². The molecule has 0 radical (unpaired) electrons. The minimum absolute atomic E-state index is 0.0253. The summed E-state index contributed by atoms with van der Waals surface area (Å²) in [4.78, 5) is 14.8. The van der Waals surface area contributed by atoms with E-state index in [-0.39, 0.29) is 19.5 Å². The van der Waals surface area contributed by atoms with Crippen LogP contribution in [0.15, 0.2) is 0 Å². The van der Waals surface area contributed by atoms with Gasteiger partial charge in [-0.15, -0.1) is 0 Å². The quantitative estimate of drug-likeness (QED) is 0.481. The molecule has 0 saturated carbocycles. The average molecular weight is 233 g/mol. The first-order chi connectivity index (χ1) is 7.44. The normalized spacial score (nSPS) is 18.1. The van der Waals surface area contributed by atoms with Gasteiger partial charge in [-0.3, -0.25) is 17.2 Å². The van der Waals surface area contributed by atoms with Crippen LogP contribution in [0.3, 0.4) is 0 Å². The molecule has 2 amide bonds. The molecule has 1 saturated heterocycles. The van der Waals surface area contributed by atoms with E-state index in [4.69, 9.17) is 26.7 Å². The van der Waals surface area contributed by atoms with Crippen LogP contribution in [0.2, 0.25) is 0 Å². The third-order valence-electron chi connectivity index (χ3n) is 2.15. The van der Waals surface area contributed by atoms with Gasteiger partial charge in [-0.25, -0.2) is 4.79 Å². The zero-order chi connectivity index (χ0) is 12.2. The average Bonchev–Trinajstić information content (AvgIpc) is 2.18. The molecule has 1 rings (SSSR count). The third-order valence-corrected chi connectivity index (χ3v) is 2.15. The predicted octanol–water partition coefficient (Wildman–Crippen LogP) is -1.82. The Hall–Kier alpha value is -0.930. The molecule has 1 fully saturated rings. The van der Waals surface area contributed by atoms with Crippen LogP contribution in [0.1, 0.15) is 6.42 Å². The highest BCUT2D eigenvalue weighted by Gasteiger charge is 2.26. The van der Waals surface area contributed by atoms with Gasteiger partial charge >= 0.3 is 6.03 Å². The summed E-state index contributed by atoms with van der Waals surface area (Å²) in [5.41, 5.74) is 15.7. The molecule has 94 valence electrons. The van der Waals surface area contributed by atoms with Crippen molar-refractivity contribution in [3.05, 3.63) is 0 Å². The molecular weight excluding hydrogens is 214 g/mol. The maximum Gasteiger partial charge on any atom is 0.323 e. The lowest BCUT2D eigenvalue weighted by Gasteiger charge is -2.35. The molecule has 1 aliphatic rings. The van der Waals surface area contributed by atoms with Gasteiger partial charge in [-0.05, 0) is 6.42 Å². The maximum absolute atomic E-state index is 11.8. The Morgan fingerprint density at radius 1 is 1.25 bits per heavy atom. The first-order valence-electron chi connectivity index (χ1n) is 4.97. The monoisotopic (exact) mass is 233 g/mol. The van der Waals surface area contributed by atoms with E-state index in [1.54, 1.807) is 4.90 Å². The highest BCUT2D eigenvalue weighted by atomic mass is 16.5. The lowest BCUT2D eigenvalue weighted by molar-refractivity contribution is -0.0826. The Balaban J connectivity index is 2.44. The highest BCUT2D eigenvalue weighted by Crippen LogP contribution is 2.09. The summed E-state index contributed by atoms with van der Waals surface area (Å²) >= 11 is 0. The highest BCUT2D eigenvalue weighted by molar-refractivity contribution is 5.74. The summed E-state index contributed by atoms with van der Waals surface area (Å²) in [5, 5.41) is 0. The Labute approximate surface area is 94.2 Å². The summed E-state index contributed by atoms with van der Waals surface area (Å²) in [7, 11) is 1.54. The molecule has 0 bridgehead atoms. The Kier molecular flexibility index (Phi) is 4.44. The van der Waals surface area contributed by atoms with E-state index in [9.17, 15) is 4.79 Å². The van der Waals surface area contributed by atoms with Crippen LogP contribution in [-0.4, -0.2) is 55.5 Å². The van der Waals surface area contributed by atoms with Crippen molar-refractivity contribution < 1.29 is 14.3 Å². The van der Waals surface area contributed by atoms with Crippen molar-refractivity contribution in [3.8, 4) is 0 Å². The van der Waals surface area contributed by atoms with Gasteiger partial charge in [0.05, 0.1) is 0 Å². The number of rotatable bonds is 5. The van der Waals surface area contributed by atoms with Crippen molar-refractivity contribution in [2.24, 2.45) is 17.2 Å². The molecule has 0 unspecified atom stereocenters. The van der Waals surface area contributed by atoms with Gasteiger partial charge in [0.15, 0.2) is 0 Å². The van der Waals surface area contributed by atoms with Crippen LogP contribution in [0.4, 0.5) is 4.79 Å². The van der Waals surface area contributed by atoms with Gasteiger partial charge in [0, 0.05) is 20.2 Å². The molecule has 1 aliphatic heterocycles. The fourth-order valence-corrected chi connectivity index (χ4v) is 1.43. The number of amides is 2. The Bertz CT molecular complexity index is 240. The lowest BCUT2D eigenvalue weighted by atomic mass is 10.3. The number of ether oxygens (including phenoxy) is 2. The molecule has 0 aromatic heterocycles. The van der Waals surface area contributed by atoms with Crippen molar-refractivity contribution in [1.82, 2.24) is 9.80 Å². The number of nitrogens with zero attached hydrogens (tertiary/aromatic N) is 2. The van der Waals surface area contributed by atoms with E-state index in [1.165, 1.54) is 12.0 Å². The fraction of sp³-hybridized carbons (Fsp3) is 0.875. The maximum atomic E-state index is 11.8. The van der Waals surface area contributed by atoms with Gasteiger partial charge in [0.1, 0.15) is 13.5 Å². The van der Waals surface area contributed by atoms with Crippen LogP contribution >= 0.6 is 0 Å². The van der Waals surface area contributed by atoms with Gasteiger partial charge in [0.2, 0.25) is 5.97 Å². The molecule has 0 spiro atoms. The first-order valence-corrected chi connectivity index (χ1v) is 4.97. The van der Waals surface area contributed by atoms with Crippen molar-refractivity contribution in [2.75, 3.05) is 33.7 Å². The Morgan fingerprint density at radius 3 is 2.31 bits per heavy atom. The fourth-order valence-electron chi connectivity index (χ4n) is 1.43. The van der Waals surface area contributed by atoms with Crippen molar-refractivity contribution >= 4 is 6.03 Å². The number of carbonyl (C=O) groups is 1. The summed E-state index contributed by atoms with van der Waals surface area (Å²) in [6, 6.07) is -0.169. The second-order valence-corrected chi connectivity index (χ2v) is 3.71. The number of carbonyl (C=O) groups excluding carboxylic acids is 1. The molecule has 1 heterocycles. The van der Waals surface area contributed by atoms with Gasteiger partial charge in [-0.2, -0.15) is 0 Å². The molecule has 8 nitrogen and oxygen atoms in total. The van der Waals surface area contributed by atoms with Crippen LogP contribution in [-0.2, 0) is 9.47 Å². The SMILES string of the molecule is COCN1CCCN(COC(N)(N)N)C1=O. The Morgan fingerprint density at radius 2 is 1.81 bits per heavy atom. The zero-order valence-corrected chi connectivity index (χ0v) is 9.39. The van der Waals surface area contributed by atoms with E-state index >= 15 is 0 Å². The van der Waals surface area contributed by atoms with Crippen molar-refractivity contribution in [3.63, 3.8) is 0 Å². The smallest absolute Gasteiger partial charge is 0.323 e. The number of hydrogen-bond acceptors (Lipinski definition) is 6. The van der Waals surface area contributed by atoms with E-state index in [2.05, 4.69) is 0 Å². The van der Waals surface area contributed by atoms with E-state index in [0.717, 1.165) is 6.42 Å². The summed E-state index contributed by atoms with van der Waals surface area (Å²) in [6.07, 6.45) is 0.838. The first kappa shape index (κ1) is 13.1. The van der Waals surface area contributed by atoms with Crippen molar-refractivity contribution in [2.45, 2.75) is 12.4 Å². The predicted molar refractivity (Wildman–Crippen MR) is 56.5 cm³/mol. The van der Waals surface area contributed by atoms with Crippen LogP contribution in [0.25, 0.3) is 0 Å². The molecule has 0 aromatic rings. The third kappa shape index (κ3) is 3.91. The van der Waals surface area contributed by atoms with Gasteiger partial charge in [0.25, 0.3) is 0 Å². The summed E-state index contributed by atoms with van der Waals surface area (Å²) in [6.45, 7) is 1.49. The van der Waals surface area contributed by atoms with E-state index in [1.807, 2.05) is 0 Å². The molecule has 0 atom stereocenters. The van der Waals surface area contributed by atoms with E-state index in [0.29, 0.717) is 13.1 Å². The topological polar surface area (TPSA) is 120 Å². The minimum Gasteiger partial charge on any atom is -0.364 e. The largest absolute Gasteiger partial charge is 0.364 e. The molecular formula is C8H19N5O3. The van der Waals surface area contributed by atoms with Gasteiger partial charge in [-0.1, -0.05) is 0 Å². The molecule has 16 heavy (non-hydrogen) atoms. The molecule has 8 heteroatoms. The zero-order valence-electron chi connectivity index (χ0n) is 9.39. The molecule has 0 aliphatic carbocycles.